The molecule has 7 rings (SSSR count). The summed E-state index contributed by atoms with van der Waals surface area (Å²) in [5, 5.41) is 0. The summed E-state index contributed by atoms with van der Waals surface area (Å²) in [7, 11) is 0. The zero-order valence-corrected chi connectivity index (χ0v) is 10.8. The molecule has 6 aliphatic carbocycles. The van der Waals surface area contributed by atoms with Crippen molar-refractivity contribution in [3.05, 3.63) is 35.9 Å². The highest BCUT2D eigenvalue weighted by Gasteiger charge is 2.82. The van der Waals surface area contributed by atoms with E-state index in [4.69, 9.17) is 0 Å². The van der Waals surface area contributed by atoms with Gasteiger partial charge in [0.05, 0.1) is 0 Å². The molecule has 0 radical (unpaired) electrons. The third-order valence-electron chi connectivity index (χ3n) is 7.43. The highest BCUT2D eigenvalue weighted by atomic mass is 14.9. The van der Waals surface area contributed by atoms with Crippen LogP contribution in [0.5, 0.6) is 0 Å². The molecule has 18 heavy (non-hydrogen) atoms. The lowest BCUT2D eigenvalue weighted by atomic mass is 9.58. The van der Waals surface area contributed by atoms with E-state index in [1.54, 1.807) is 24.8 Å². The van der Waals surface area contributed by atoms with Gasteiger partial charge in [0.1, 0.15) is 0 Å². The van der Waals surface area contributed by atoms with E-state index >= 15 is 0 Å². The Morgan fingerprint density at radius 3 is 1.94 bits per heavy atom. The highest BCUT2D eigenvalue weighted by molar-refractivity contribution is 5.33. The summed E-state index contributed by atoms with van der Waals surface area (Å²) in [6.45, 7) is 0. The summed E-state index contributed by atoms with van der Waals surface area (Å²) < 4.78 is 0. The van der Waals surface area contributed by atoms with E-state index in [9.17, 15) is 0 Å². The third-order valence-corrected chi connectivity index (χ3v) is 7.43. The van der Waals surface area contributed by atoms with E-state index < -0.39 is 0 Å². The Labute approximate surface area is 109 Å². The SMILES string of the molecule is c1ccc(CC23C4CC4C(C4CC42)C2CC23)cc1. The van der Waals surface area contributed by atoms with Gasteiger partial charge in [-0.1, -0.05) is 30.3 Å². The number of benzene rings is 1. The number of hydrogen-bond donors (Lipinski definition) is 0. The fourth-order valence-electron chi connectivity index (χ4n) is 6.89. The Kier molecular flexibility index (Phi) is 1.31. The maximum atomic E-state index is 2.38. The molecule has 6 atom stereocenters. The van der Waals surface area contributed by atoms with Crippen LogP contribution in [0.1, 0.15) is 24.8 Å². The lowest BCUT2D eigenvalue weighted by Gasteiger charge is -2.46. The lowest BCUT2D eigenvalue weighted by molar-refractivity contribution is 0.0226. The van der Waals surface area contributed by atoms with Gasteiger partial charge in [0, 0.05) is 0 Å². The van der Waals surface area contributed by atoms with E-state index in [0.717, 1.165) is 23.2 Å². The summed E-state index contributed by atoms with van der Waals surface area (Å²) in [5.41, 5.74) is 2.41. The Morgan fingerprint density at radius 1 is 0.833 bits per heavy atom. The minimum Gasteiger partial charge on any atom is -0.0622 e. The van der Waals surface area contributed by atoms with E-state index in [1.165, 1.54) is 30.1 Å². The van der Waals surface area contributed by atoms with Crippen LogP contribution < -0.4 is 0 Å². The Bertz CT molecular complexity index is 485. The fourth-order valence-corrected chi connectivity index (χ4v) is 6.89. The topological polar surface area (TPSA) is 0 Å². The van der Waals surface area contributed by atoms with Gasteiger partial charge in [-0.25, -0.2) is 0 Å². The molecule has 6 aliphatic rings. The smallest absolute Gasteiger partial charge is 0.0164 e. The largest absolute Gasteiger partial charge is 0.0622 e. The van der Waals surface area contributed by atoms with Crippen molar-refractivity contribution in [3.63, 3.8) is 0 Å². The van der Waals surface area contributed by atoms with Crippen LogP contribution in [0.4, 0.5) is 0 Å². The third kappa shape index (κ3) is 0.849. The summed E-state index contributed by atoms with van der Waals surface area (Å²) in [6.07, 6.45) is 6.25. The number of hydrogen-bond acceptors (Lipinski definition) is 0. The Hall–Kier alpha value is -0.780. The second-order valence-corrected chi connectivity index (χ2v) is 7.87. The monoisotopic (exact) mass is 236 g/mol. The van der Waals surface area contributed by atoms with Crippen LogP contribution in [0.15, 0.2) is 30.3 Å². The standard InChI is InChI=1S/C18H20/c1-2-4-10(5-3-1)9-18-14-6-11(14)17(12-7-15(12)18)13-8-16(13)18/h1-5,11-17H,6-9H2. The van der Waals surface area contributed by atoms with Crippen LogP contribution in [0.2, 0.25) is 0 Å². The van der Waals surface area contributed by atoms with Crippen molar-refractivity contribution in [2.45, 2.75) is 25.7 Å². The van der Waals surface area contributed by atoms with Crippen LogP contribution in [0.25, 0.3) is 0 Å². The molecule has 0 spiro atoms. The molecule has 1 aromatic carbocycles. The first-order valence-electron chi connectivity index (χ1n) is 7.93. The molecule has 0 aromatic heterocycles. The lowest BCUT2D eigenvalue weighted by Crippen LogP contribution is -2.43. The summed E-state index contributed by atoms with van der Waals surface area (Å²) in [6, 6.07) is 11.4. The zero-order chi connectivity index (χ0) is 11.5. The molecular weight excluding hydrogens is 216 g/mol. The molecule has 6 unspecified atom stereocenters. The van der Waals surface area contributed by atoms with Gasteiger partial charge in [-0.15, -0.1) is 0 Å². The molecule has 0 nitrogen and oxygen atoms in total. The average Bonchev–Trinajstić information content (AvgIpc) is 3.23. The van der Waals surface area contributed by atoms with Gasteiger partial charge >= 0.3 is 0 Å². The number of rotatable bonds is 2. The van der Waals surface area contributed by atoms with Crippen molar-refractivity contribution < 1.29 is 0 Å². The van der Waals surface area contributed by atoms with Gasteiger partial charge < -0.3 is 0 Å². The molecule has 0 saturated heterocycles. The van der Waals surface area contributed by atoms with Crippen molar-refractivity contribution >= 4 is 0 Å². The quantitative estimate of drug-likeness (QED) is 0.733. The first-order valence-corrected chi connectivity index (χ1v) is 7.93. The Balaban J connectivity index is 1.47. The van der Waals surface area contributed by atoms with Crippen molar-refractivity contribution in [1.29, 1.82) is 0 Å². The molecule has 0 heterocycles. The first kappa shape index (κ1) is 9.18. The van der Waals surface area contributed by atoms with Crippen molar-refractivity contribution in [1.82, 2.24) is 0 Å². The van der Waals surface area contributed by atoms with Crippen LogP contribution >= 0.6 is 0 Å². The predicted molar refractivity (Wildman–Crippen MR) is 70.9 cm³/mol. The van der Waals surface area contributed by atoms with Gasteiger partial charge in [-0.3, -0.25) is 0 Å². The summed E-state index contributed by atoms with van der Waals surface area (Å²) in [4.78, 5) is 0. The molecule has 6 saturated carbocycles. The van der Waals surface area contributed by atoms with E-state index in [0.29, 0.717) is 0 Å². The van der Waals surface area contributed by atoms with Gasteiger partial charge in [0.25, 0.3) is 0 Å². The second-order valence-electron chi connectivity index (χ2n) is 7.87. The van der Waals surface area contributed by atoms with Gasteiger partial charge in [0.15, 0.2) is 0 Å². The van der Waals surface area contributed by atoms with Gasteiger partial charge in [-0.05, 0) is 78.1 Å². The first-order chi connectivity index (χ1) is 8.89. The summed E-state index contributed by atoms with van der Waals surface area (Å²) >= 11 is 0. The second kappa shape index (κ2) is 2.57. The normalized spacial score (nSPS) is 60.6. The van der Waals surface area contributed by atoms with E-state index in [1.807, 2.05) is 0 Å². The highest BCUT2D eigenvalue weighted by Crippen LogP contribution is 2.88. The predicted octanol–water partition coefficient (Wildman–Crippen LogP) is 3.77. The maximum Gasteiger partial charge on any atom is -0.0164 e. The van der Waals surface area contributed by atoms with Crippen molar-refractivity contribution in [2.24, 2.45) is 46.8 Å². The van der Waals surface area contributed by atoms with Crippen LogP contribution in [0.3, 0.4) is 0 Å². The summed E-state index contributed by atoms with van der Waals surface area (Å²) in [5.74, 6) is 8.20. The van der Waals surface area contributed by atoms with Gasteiger partial charge in [0.2, 0.25) is 0 Å². The molecule has 0 amide bonds. The van der Waals surface area contributed by atoms with Crippen LogP contribution in [-0.2, 0) is 6.42 Å². The van der Waals surface area contributed by atoms with Crippen molar-refractivity contribution in [3.8, 4) is 0 Å². The molecule has 92 valence electrons. The molecular formula is C18H20. The van der Waals surface area contributed by atoms with Crippen LogP contribution in [0, 0.1) is 46.8 Å². The van der Waals surface area contributed by atoms with Crippen molar-refractivity contribution in [2.75, 3.05) is 0 Å². The fraction of sp³-hybridized carbons (Fsp3) is 0.667. The molecule has 2 bridgehead atoms. The van der Waals surface area contributed by atoms with E-state index in [2.05, 4.69) is 30.3 Å². The van der Waals surface area contributed by atoms with Crippen LogP contribution in [-0.4, -0.2) is 0 Å². The zero-order valence-electron chi connectivity index (χ0n) is 10.8. The molecule has 0 N–H and O–H groups in total. The Morgan fingerprint density at radius 2 is 1.39 bits per heavy atom. The maximum absolute atomic E-state index is 2.38. The van der Waals surface area contributed by atoms with Gasteiger partial charge in [-0.2, -0.15) is 0 Å². The molecule has 0 heteroatoms. The average molecular weight is 236 g/mol. The molecule has 0 aliphatic heterocycles. The molecule has 1 aromatic rings. The minimum absolute atomic E-state index is 0.788. The minimum atomic E-state index is 0.788. The van der Waals surface area contributed by atoms with E-state index in [-0.39, 0.29) is 0 Å². The molecule has 6 fully saturated rings.